The van der Waals surface area contributed by atoms with E-state index >= 15 is 0 Å². The zero-order valence-electron chi connectivity index (χ0n) is 12.1. The van der Waals surface area contributed by atoms with Gasteiger partial charge < -0.3 is 4.52 Å². The first-order valence-corrected chi connectivity index (χ1v) is 7.25. The van der Waals surface area contributed by atoms with E-state index in [1.54, 1.807) is 11.3 Å². The zero-order valence-corrected chi connectivity index (χ0v) is 12.9. The Morgan fingerprint density at radius 1 is 1.26 bits per heavy atom. The van der Waals surface area contributed by atoms with Crippen LogP contribution in [0.2, 0.25) is 0 Å². The van der Waals surface area contributed by atoms with E-state index in [4.69, 9.17) is 4.52 Å². The van der Waals surface area contributed by atoms with E-state index in [1.807, 2.05) is 13.8 Å². The van der Waals surface area contributed by atoms with Crippen LogP contribution in [0.25, 0.3) is 0 Å². The number of aryl methyl sites for hydroxylation is 3. The summed E-state index contributed by atoms with van der Waals surface area (Å²) in [7, 11) is 0. The summed E-state index contributed by atoms with van der Waals surface area (Å²) in [5, 5.41) is 8.39. The maximum atomic E-state index is 5.18. The molecule has 2 rings (SSSR count). The molecule has 19 heavy (non-hydrogen) atoms. The average Bonchev–Trinajstić information content (AvgIpc) is 2.95. The van der Waals surface area contributed by atoms with Crippen LogP contribution in [-0.2, 0) is 18.5 Å². The molecule has 0 saturated carbocycles. The third kappa shape index (κ3) is 3.19. The first-order valence-electron chi connectivity index (χ1n) is 6.43. The summed E-state index contributed by atoms with van der Waals surface area (Å²) in [6.45, 7) is 10.9. The highest BCUT2D eigenvalue weighted by atomic mass is 32.1. The highest BCUT2D eigenvalue weighted by Crippen LogP contribution is 2.27. The van der Waals surface area contributed by atoms with Crippen LogP contribution >= 0.6 is 11.3 Å². The minimum absolute atomic E-state index is 0.204. The number of nitrogens with zero attached hydrogens (tertiary/aromatic N) is 3. The second kappa shape index (κ2) is 5.38. The number of aromatic nitrogens is 3. The van der Waals surface area contributed by atoms with Gasteiger partial charge in [-0.3, -0.25) is 5.32 Å². The minimum atomic E-state index is -0.204. The quantitative estimate of drug-likeness (QED) is 0.912. The third-order valence-electron chi connectivity index (χ3n) is 3.07. The fraction of sp³-hybridized carbons (Fsp3) is 0.615. The molecule has 0 aliphatic rings. The van der Waals surface area contributed by atoms with Crippen LogP contribution in [0, 0.1) is 13.8 Å². The molecule has 104 valence electrons. The summed E-state index contributed by atoms with van der Waals surface area (Å²) in [5.74, 6) is 1.37. The first kappa shape index (κ1) is 14.1. The van der Waals surface area contributed by atoms with E-state index in [0.29, 0.717) is 12.4 Å². The van der Waals surface area contributed by atoms with Crippen LogP contribution in [0.3, 0.4) is 0 Å². The van der Waals surface area contributed by atoms with Gasteiger partial charge in [-0.1, -0.05) is 12.1 Å². The van der Waals surface area contributed by atoms with Crippen molar-refractivity contribution in [2.24, 2.45) is 0 Å². The molecule has 0 bridgehead atoms. The van der Waals surface area contributed by atoms with Gasteiger partial charge in [-0.15, -0.1) is 11.3 Å². The molecule has 2 aromatic rings. The molecule has 6 heteroatoms. The van der Waals surface area contributed by atoms with Crippen molar-refractivity contribution in [2.45, 2.75) is 53.1 Å². The lowest BCUT2D eigenvalue weighted by molar-refractivity contribution is 0.325. The van der Waals surface area contributed by atoms with Crippen molar-refractivity contribution in [2.75, 3.05) is 0 Å². The van der Waals surface area contributed by atoms with Crippen LogP contribution in [0.1, 0.15) is 48.1 Å². The van der Waals surface area contributed by atoms with E-state index < -0.39 is 0 Å². The molecule has 2 aromatic heterocycles. The van der Waals surface area contributed by atoms with E-state index in [9.17, 15) is 0 Å². The Bertz CT molecular complexity index is 539. The Kier molecular flexibility index (Phi) is 4.01. The summed E-state index contributed by atoms with van der Waals surface area (Å²) in [5.41, 5.74) is 0.894. The van der Waals surface area contributed by atoms with Crippen molar-refractivity contribution in [1.82, 2.24) is 20.4 Å². The molecule has 2 heterocycles. The maximum absolute atomic E-state index is 5.18. The van der Waals surface area contributed by atoms with Gasteiger partial charge in [0.25, 0.3) is 0 Å². The van der Waals surface area contributed by atoms with Gasteiger partial charge in [0, 0.05) is 11.3 Å². The third-order valence-corrected chi connectivity index (χ3v) is 4.47. The van der Waals surface area contributed by atoms with E-state index in [-0.39, 0.29) is 5.54 Å². The van der Waals surface area contributed by atoms with Gasteiger partial charge in [0.1, 0.15) is 5.01 Å². The summed E-state index contributed by atoms with van der Waals surface area (Å²) >= 11 is 1.73. The van der Waals surface area contributed by atoms with Crippen LogP contribution < -0.4 is 5.32 Å². The van der Waals surface area contributed by atoms with Crippen molar-refractivity contribution < 1.29 is 4.52 Å². The van der Waals surface area contributed by atoms with Gasteiger partial charge in [0.15, 0.2) is 5.82 Å². The summed E-state index contributed by atoms with van der Waals surface area (Å²) in [6.07, 6.45) is 0.789. The smallest absolute Gasteiger partial charge is 0.240 e. The van der Waals surface area contributed by atoms with Crippen molar-refractivity contribution in [3.8, 4) is 0 Å². The number of rotatable bonds is 5. The topological polar surface area (TPSA) is 63.8 Å². The normalized spacial score (nSPS) is 12.1. The van der Waals surface area contributed by atoms with E-state index in [1.165, 1.54) is 4.88 Å². The Morgan fingerprint density at radius 2 is 2.00 bits per heavy atom. The number of thiazole rings is 1. The molecule has 0 unspecified atom stereocenters. The molecule has 0 aliphatic heterocycles. The molecule has 0 amide bonds. The minimum Gasteiger partial charge on any atom is -0.338 e. The predicted molar refractivity (Wildman–Crippen MR) is 75.1 cm³/mol. The standard InChI is InChI=1S/C13H20N4OS/c1-6-10-16-11(18-17-10)7-14-13(4,5)12-15-8(2)9(3)19-12/h14H,6-7H2,1-5H3. The number of nitrogens with one attached hydrogen (secondary N) is 1. The van der Waals surface area contributed by atoms with Gasteiger partial charge in [-0.2, -0.15) is 4.98 Å². The maximum Gasteiger partial charge on any atom is 0.240 e. The Hall–Kier alpha value is -1.27. The van der Waals surface area contributed by atoms with E-state index in [0.717, 1.165) is 22.9 Å². The largest absolute Gasteiger partial charge is 0.338 e. The molecule has 0 fully saturated rings. The van der Waals surface area contributed by atoms with Crippen molar-refractivity contribution >= 4 is 11.3 Å². The van der Waals surface area contributed by atoms with Gasteiger partial charge in [-0.25, -0.2) is 4.98 Å². The SMILES string of the molecule is CCc1noc(CNC(C)(C)c2nc(C)c(C)s2)n1. The number of hydrogen-bond donors (Lipinski definition) is 1. The second-order valence-corrected chi connectivity index (χ2v) is 6.30. The molecular weight excluding hydrogens is 260 g/mol. The summed E-state index contributed by atoms with van der Waals surface area (Å²) in [4.78, 5) is 10.2. The van der Waals surface area contributed by atoms with Crippen LogP contribution in [0.15, 0.2) is 4.52 Å². The summed E-state index contributed by atoms with van der Waals surface area (Å²) in [6, 6.07) is 0. The Labute approximate surface area is 117 Å². The lowest BCUT2D eigenvalue weighted by atomic mass is 10.1. The van der Waals surface area contributed by atoms with Crippen molar-refractivity contribution in [3.63, 3.8) is 0 Å². The molecule has 1 N–H and O–H groups in total. The molecular formula is C13H20N4OS. The first-order chi connectivity index (χ1) is 8.92. The predicted octanol–water partition coefficient (Wildman–Crippen LogP) is 2.73. The van der Waals surface area contributed by atoms with Gasteiger partial charge in [0.05, 0.1) is 17.8 Å². The van der Waals surface area contributed by atoms with Gasteiger partial charge in [-0.05, 0) is 27.7 Å². The average molecular weight is 280 g/mol. The van der Waals surface area contributed by atoms with Crippen LogP contribution in [0.4, 0.5) is 0 Å². The van der Waals surface area contributed by atoms with Gasteiger partial charge >= 0.3 is 0 Å². The van der Waals surface area contributed by atoms with E-state index in [2.05, 4.69) is 41.2 Å². The fourth-order valence-corrected chi connectivity index (χ4v) is 2.61. The monoisotopic (exact) mass is 280 g/mol. The van der Waals surface area contributed by atoms with Crippen LogP contribution in [0.5, 0.6) is 0 Å². The van der Waals surface area contributed by atoms with Crippen LogP contribution in [-0.4, -0.2) is 15.1 Å². The molecule has 0 aromatic carbocycles. The molecule has 0 spiro atoms. The van der Waals surface area contributed by atoms with Crippen molar-refractivity contribution in [1.29, 1.82) is 0 Å². The zero-order chi connectivity index (χ0) is 14.0. The molecule has 0 radical (unpaired) electrons. The molecule has 0 aliphatic carbocycles. The fourth-order valence-electron chi connectivity index (χ4n) is 1.62. The Balaban J connectivity index is 2.04. The lowest BCUT2D eigenvalue weighted by Gasteiger charge is -2.22. The molecule has 0 atom stereocenters. The lowest BCUT2D eigenvalue weighted by Crippen LogP contribution is -2.36. The Morgan fingerprint density at radius 3 is 2.53 bits per heavy atom. The highest BCUT2D eigenvalue weighted by Gasteiger charge is 2.25. The van der Waals surface area contributed by atoms with Crippen molar-refractivity contribution in [3.05, 3.63) is 27.3 Å². The van der Waals surface area contributed by atoms with Gasteiger partial charge in [0.2, 0.25) is 5.89 Å². The second-order valence-electron chi connectivity index (χ2n) is 5.10. The highest BCUT2D eigenvalue weighted by molar-refractivity contribution is 7.11. The number of hydrogen-bond acceptors (Lipinski definition) is 6. The summed E-state index contributed by atoms with van der Waals surface area (Å²) < 4.78 is 5.18. The molecule has 0 saturated heterocycles. The molecule has 5 nitrogen and oxygen atoms in total.